The van der Waals surface area contributed by atoms with E-state index in [0.29, 0.717) is 6.54 Å². The Balaban J connectivity index is 1.79. The Morgan fingerprint density at radius 2 is 1.65 bits per heavy atom. The number of nitrogens with zero attached hydrogens (tertiary/aromatic N) is 3. The Kier molecular flexibility index (Phi) is 4.55. The molecule has 0 spiro atoms. The van der Waals surface area contributed by atoms with Gasteiger partial charge in [0.1, 0.15) is 0 Å². The van der Waals surface area contributed by atoms with Crippen molar-refractivity contribution >= 4 is 5.91 Å². The monoisotopic (exact) mass is 349 g/mol. The van der Waals surface area contributed by atoms with Crippen LogP contribution in [0.2, 0.25) is 0 Å². The highest BCUT2D eigenvalue weighted by Gasteiger charge is 2.46. The van der Waals surface area contributed by atoms with E-state index in [4.69, 9.17) is 0 Å². The molecule has 1 saturated heterocycles. The van der Waals surface area contributed by atoms with Gasteiger partial charge in [0.2, 0.25) is 5.91 Å². The molecule has 0 N–H and O–H groups in total. The molecule has 2 aromatic rings. The molecule has 26 heavy (non-hydrogen) atoms. The second-order valence-corrected chi connectivity index (χ2v) is 7.77. The van der Waals surface area contributed by atoms with E-state index in [2.05, 4.69) is 64.4 Å². The molecule has 2 atom stereocenters. The van der Waals surface area contributed by atoms with E-state index in [9.17, 15) is 4.79 Å². The Morgan fingerprint density at radius 3 is 2.35 bits per heavy atom. The second-order valence-electron chi connectivity index (χ2n) is 7.77. The quantitative estimate of drug-likeness (QED) is 0.852. The molecule has 4 heteroatoms. The average Bonchev–Trinajstić information content (AvgIpc) is 3.09. The summed E-state index contributed by atoms with van der Waals surface area (Å²) in [6, 6.07) is 19.4. The first-order chi connectivity index (χ1) is 12.6. The summed E-state index contributed by atoms with van der Waals surface area (Å²) >= 11 is 0. The molecule has 136 valence electrons. The van der Waals surface area contributed by atoms with Crippen molar-refractivity contribution in [1.82, 2.24) is 14.7 Å². The summed E-state index contributed by atoms with van der Waals surface area (Å²) < 4.78 is 0. The molecule has 0 radical (unpaired) electrons. The number of fused-ring (bicyclic) bond motifs is 3. The number of rotatable bonds is 3. The minimum absolute atomic E-state index is 0.0968. The third-order valence-corrected chi connectivity index (χ3v) is 5.94. The first kappa shape index (κ1) is 17.3. The second kappa shape index (κ2) is 6.86. The maximum Gasteiger partial charge on any atom is 0.236 e. The molecular weight excluding hydrogens is 322 g/mol. The lowest BCUT2D eigenvalue weighted by molar-refractivity contribution is -0.132. The van der Waals surface area contributed by atoms with Crippen molar-refractivity contribution in [3.63, 3.8) is 0 Å². The van der Waals surface area contributed by atoms with Crippen LogP contribution in [0.1, 0.15) is 23.1 Å². The molecule has 2 aliphatic heterocycles. The lowest BCUT2D eigenvalue weighted by Gasteiger charge is -2.43. The minimum Gasteiger partial charge on any atom is -0.348 e. The van der Waals surface area contributed by atoms with Crippen molar-refractivity contribution in [1.29, 1.82) is 0 Å². The maximum atomic E-state index is 12.6. The van der Waals surface area contributed by atoms with E-state index < -0.39 is 0 Å². The molecule has 4 nitrogen and oxygen atoms in total. The topological polar surface area (TPSA) is 26.8 Å². The Bertz CT molecular complexity index is 789. The van der Waals surface area contributed by atoms with Crippen molar-refractivity contribution in [3.8, 4) is 0 Å². The predicted octanol–water partition coefficient (Wildman–Crippen LogP) is 2.69. The van der Waals surface area contributed by atoms with Crippen LogP contribution in [-0.4, -0.2) is 54.3 Å². The van der Waals surface area contributed by atoms with Crippen molar-refractivity contribution in [2.24, 2.45) is 0 Å². The van der Waals surface area contributed by atoms with Crippen LogP contribution < -0.4 is 0 Å². The molecule has 0 aliphatic carbocycles. The fraction of sp³-hybridized carbons (Fsp3) is 0.409. The molecule has 2 aliphatic rings. The number of hydrogen-bond donors (Lipinski definition) is 0. The third kappa shape index (κ3) is 3.04. The summed E-state index contributed by atoms with van der Waals surface area (Å²) in [5.41, 5.74) is 3.96. The number of likely N-dealkylation sites (N-methyl/N-ethyl adjacent to an activating group) is 1. The molecule has 1 amide bonds. The molecule has 4 rings (SSSR count). The summed E-state index contributed by atoms with van der Waals surface area (Å²) in [7, 11) is 3.69. The molecule has 2 heterocycles. The van der Waals surface area contributed by atoms with Gasteiger partial charge in [0.05, 0.1) is 12.1 Å². The van der Waals surface area contributed by atoms with Gasteiger partial charge in [-0.3, -0.25) is 14.6 Å². The van der Waals surface area contributed by atoms with E-state index in [-0.39, 0.29) is 11.4 Å². The highest BCUT2D eigenvalue weighted by molar-refractivity contribution is 5.77. The van der Waals surface area contributed by atoms with Gasteiger partial charge in [-0.25, -0.2) is 0 Å². The predicted molar refractivity (Wildman–Crippen MR) is 104 cm³/mol. The standard InChI is InChI=1S/C22H27N3O/c1-23(2)21(26)16-25-15-19-9-7-6-8-18(19)14-24-13-12-22(25,17-24)20-10-4-3-5-11-20/h3-11H,12-17H2,1-2H3/t22-/m0/s1. The van der Waals surface area contributed by atoms with Crippen LogP contribution in [0.15, 0.2) is 54.6 Å². The van der Waals surface area contributed by atoms with Crippen molar-refractivity contribution in [3.05, 3.63) is 71.3 Å². The van der Waals surface area contributed by atoms with Crippen molar-refractivity contribution < 1.29 is 4.79 Å². The Hall–Kier alpha value is -2.17. The molecule has 0 saturated carbocycles. The van der Waals surface area contributed by atoms with Gasteiger partial charge in [-0.05, 0) is 23.1 Å². The normalized spacial score (nSPS) is 25.2. The number of amides is 1. The fourth-order valence-corrected chi connectivity index (χ4v) is 4.41. The van der Waals surface area contributed by atoms with Gasteiger partial charge >= 0.3 is 0 Å². The summed E-state index contributed by atoms with van der Waals surface area (Å²) in [4.78, 5) is 19.3. The zero-order valence-electron chi connectivity index (χ0n) is 15.7. The molecule has 2 aromatic carbocycles. The maximum absolute atomic E-state index is 12.6. The number of carbonyl (C=O) groups excluding carboxylic acids is 1. The lowest BCUT2D eigenvalue weighted by Crippen LogP contribution is -2.52. The zero-order valence-corrected chi connectivity index (χ0v) is 15.7. The molecule has 0 aromatic heterocycles. The van der Waals surface area contributed by atoms with Crippen molar-refractivity contribution in [2.45, 2.75) is 25.0 Å². The summed E-state index contributed by atoms with van der Waals surface area (Å²) in [6.07, 6.45) is 1.06. The van der Waals surface area contributed by atoms with Gasteiger partial charge in [-0.2, -0.15) is 0 Å². The number of carbonyl (C=O) groups is 1. The molecule has 1 unspecified atom stereocenters. The zero-order chi connectivity index (χ0) is 18.1. The number of hydrogen-bond acceptors (Lipinski definition) is 3. The summed E-state index contributed by atoms with van der Waals surface area (Å²) in [6.45, 7) is 4.31. The Morgan fingerprint density at radius 1 is 1.00 bits per heavy atom. The van der Waals surface area contributed by atoms with Gasteiger partial charge < -0.3 is 4.90 Å². The van der Waals surface area contributed by atoms with E-state index in [1.165, 1.54) is 16.7 Å². The fourth-order valence-electron chi connectivity index (χ4n) is 4.41. The van der Waals surface area contributed by atoms with E-state index in [1.807, 2.05) is 14.1 Å². The van der Waals surface area contributed by atoms with E-state index in [0.717, 1.165) is 32.6 Å². The first-order valence-corrected chi connectivity index (χ1v) is 9.38. The summed E-state index contributed by atoms with van der Waals surface area (Å²) in [5, 5.41) is 0. The first-order valence-electron chi connectivity index (χ1n) is 9.38. The van der Waals surface area contributed by atoms with Crippen LogP contribution in [0.5, 0.6) is 0 Å². The summed E-state index contributed by atoms with van der Waals surface area (Å²) in [5.74, 6) is 0.164. The third-order valence-electron chi connectivity index (χ3n) is 5.94. The van der Waals surface area contributed by atoms with Crippen LogP contribution in [0.4, 0.5) is 0 Å². The number of benzene rings is 2. The molecular formula is C22H27N3O. The molecule has 2 bridgehead atoms. The van der Waals surface area contributed by atoms with Gasteiger partial charge in [0.25, 0.3) is 0 Å². The van der Waals surface area contributed by atoms with Crippen molar-refractivity contribution in [2.75, 3.05) is 33.7 Å². The highest BCUT2D eigenvalue weighted by Crippen LogP contribution is 2.41. The van der Waals surface area contributed by atoms with Gasteiger partial charge in [-0.15, -0.1) is 0 Å². The van der Waals surface area contributed by atoms with Crippen LogP contribution in [-0.2, 0) is 23.4 Å². The smallest absolute Gasteiger partial charge is 0.236 e. The van der Waals surface area contributed by atoms with Crippen LogP contribution in [0.3, 0.4) is 0 Å². The van der Waals surface area contributed by atoms with E-state index in [1.54, 1.807) is 4.90 Å². The minimum atomic E-state index is -0.0968. The SMILES string of the molecule is CN(C)C(=O)CN1Cc2ccccc2CN2CC[C@@]1(c1ccccc1)C2. The Labute approximate surface area is 156 Å². The van der Waals surface area contributed by atoms with E-state index >= 15 is 0 Å². The van der Waals surface area contributed by atoms with Gasteiger partial charge in [-0.1, -0.05) is 54.6 Å². The highest BCUT2D eigenvalue weighted by atomic mass is 16.2. The lowest BCUT2D eigenvalue weighted by atomic mass is 9.85. The van der Waals surface area contributed by atoms with Gasteiger partial charge in [0, 0.05) is 40.3 Å². The average molecular weight is 349 g/mol. The van der Waals surface area contributed by atoms with Gasteiger partial charge in [0.15, 0.2) is 0 Å². The van der Waals surface area contributed by atoms with Crippen LogP contribution in [0.25, 0.3) is 0 Å². The largest absolute Gasteiger partial charge is 0.348 e. The van der Waals surface area contributed by atoms with Crippen LogP contribution in [0, 0.1) is 0 Å². The van der Waals surface area contributed by atoms with Crippen LogP contribution >= 0.6 is 0 Å². The molecule has 1 fully saturated rings.